The topological polar surface area (TPSA) is 35.6 Å². The fourth-order valence-electron chi connectivity index (χ4n) is 3.90. The van der Waals surface area contributed by atoms with E-state index in [1.807, 2.05) is 18.2 Å². The number of hydrogen-bond acceptors (Lipinski definition) is 3. The summed E-state index contributed by atoms with van der Waals surface area (Å²) in [6.07, 6.45) is 1.91. The third kappa shape index (κ3) is 6.18. The number of hydrogen-bond donors (Lipinski definition) is 1. The van der Waals surface area contributed by atoms with Gasteiger partial charge in [0, 0.05) is 45.8 Å². The molecule has 1 aliphatic heterocycles. The molecule has 1 amide bonds. The quantitative estimate of drug-likeness (QED) is 0.724. The maximum atomic E-state index is 12.7. The van der Waals surface area contributed by atoms with Crippen LogP contribution in [0, 0.1) is 0 Å². The molecule has 2 aromatic carbocycles. The second-order valence-electron chi connectivity index (χ2n) is 7.65. The van der Waals surface area contributed by atoms with Gasteiger partial charge >= 0.3 is 0 Å². The Kier molecular flexibility index (Phi) is 8.07. The van der Waals surface area contributed by atoms with Crippen LogP contribution in [0.25, 0.3) is 0 Å². The fourth-order valence-corrected chi connectivity index (χ4v) is 3.90. The van der Waals surface area contributed by atoms with Crippen molar-refractivity contribution in [3.63, 3.8) is 0 Å². The third-order valence-electron chi connectivity index (χ3n) is 5.54. The van der Waals surface area contributed by atoms with Gasteiger partial charge in [0.2, 0.25) is 5.91 Å². The highest BCUT2D eigenvalue weighted by Gasteiger charge is 2.20. The van der Waals surface area contributed by atoms with Crippen LogP contribution in [0.5, 0.6) is 0 Å². The van der Waals surface area contributed by atoms with Crippen molar-refractivity contribution in [1.29, 1.82) is 0 Å². The molecule has 0 radical (unpaired) electrons. The number of rotatable bonds is 9. The van der Waals surface area contributed by atoms with Gasteiger partial charge in [0.1, 0.15) is 0 Å². The van der Waals surface area contributed by atoms with Crippen LogP contribution in [0.1, 0.15) is 36.8 Å². The monoisotopic (exact) mass is 379 g/mol. The summed E-state index contributed by atoms with van der Waals surface area (Å²) < 4.78 is 0. The molecule has 3 rings (SSSR count). The van der Waals surface area contributed by atoms with E-state index in [-0.39, 0.29) is 11.8 Å². The molecule has 1 N–H and O–H groups in total. The predicted octanol–water partition coefficient (Wildman–Crippen LogP) is 3.50. The van der Waals surface area contributed by atoms with E-state index >= 15 is 0 Å². The van der Waals surface area contributed by atoms with E-state index in [9.17, 15) is 4.79 Å². The van der Waals surface area contributed by atoms with Crippen molar-refractivity contribution < 1.29 is 4.79 Å². The Morgan fingerprint density at radius 2 is 1.54 bits per heavy atom. The molecule has 4 nitrogen and oxygen atoms in total. The van der Waals surface area contributed by atoms with Gasteiger partial charge in [-0.25, -0.2) is 0 Å². The molecule has 150 valence electrons. The highest BCUT2D eigenvalue weighted by Crippen LogP contribution is 2.21. The Bertz CT molecular complexity index is 696. The van der Waals surface area contributed by atoms with Gasteiger partial charge in [-0.05, 0) is 17.5 Å². The maximum absolute atomic E-state index is 12.7. The van der Waals surface area contributed by atoms with E-state index < -0.39 is 0 Å². The van der Waals surface area contributed by atoms with Gasteiger partial charge in [-0.15, -0.1) is 0 Å². The summed E-state index contributed by atoms with van der Waals surface area (Å²) in [5.74, 6) is 0.129. The molecule has 1 saturated heterocycles. The Morgan fingerprint density at radius 3 is 2.18 bits per heavy atom. The Labute approximate surface area is 169 Å². The van der Waals surface area contributed by atoms with E-state index in [1.54, 1.807) is 0 Å². The number of amides is 1. The lowest BCUT2D eigenvalue weighted by molar-refractivity contribution is -0.122. The van der Waals surface area contributed by atoms with Crippen molar-refractivity contribution in [2.75, 3.05) is 39.3 Å². The van der Waals surface area contributed by atoms with Gasteiger partial charge in [0.25, 0.3) is 0 Å². The van der Waals surface area contributed by atoms with Gasteiger partial charge in [-0.3, -0.25) is 14.6 Å². The molecule has 4 heteroatoms. The first-order chi connectivity index (χ1) is 13.8. The normalized spacial score (nSPS) is 16.6. The molecular formula is C24H33N3O. The van der Waals surface area contributed by atoms with Crippen LogP contribution >= 0.6 is 0 Å². The van der Waals surface area contributed by atoms with E-state index in [0.717, 1.165) is 64.2 Å². The van der Waals surface area contributed by atoms with Gasteiger partial charge < -0.3 is 5.32 Å². The summed E-state index contributed by atoms with van der Waals surface area (Å²) in [6, 6.07) is 20.8. The SMILES string of the molecule is CCCC(C(=O)NCCN1CCN(Cc2ccccc2)CC1)c1ccccc1. The average molecular weight is 380 g/mol. The van der Waals surface area contributed by atoms with E-state index in [1.165, 1.54) is 5.56 Å². The molecule has 28 heavy (non-hydrogen) atoms. The molecule has 2 aromatic rings. The minimum Gasteiger partial charge on any atom is -0.354 e. The molecule has 0 aliphatic carbocycles. The van der Waals surface area contributed by atoms with Crippen molar-refractivity contribution in [2.45, 2.75) is 32.2 Å². The molecule has 0 bridgehead atoms. The lowest BCUT2D eigenvalue weighted by atomic mass is 9.94. The van der Waals surface area contributed by atoms with Crippen molar-refractivity contribution in [1.82, 2.24) is 15.1 Å². The number of nitrogens with one attached hydrogen (secondary N) is 1. The van der Waals surface area contributed by atoms with Gasteiger partial charge in [-0.1, -0.05) is 74.0 Å². The Balaban J connectivity index is 1.38. The maximum Gasteiger partial charge on any atom is 0.227 e. The molecule has 1 aliphatic rings. The van der Waals surface area contributed by atoms with Gasteiger partial charge in [0.05, 0.1) is 5.92 Å². The molecule has 0 saturated carbocycles. The standard InChI is InChI=1S/C24H33N3O/c1-2-9-23(22-12-7-4-8-13-22)24(28)25-14-15-26-16-18-27(19-17-26)20-21-10-5-3-6-11-21/h3-8,10-13,23H,2,9,14-20H2,1H3,(H,25,28). The number of carbonyl (C=O) groups is 1. The van der Waals surface area contributed by atoms with Crippen molar-refractivity contribution in [3.8, 4) is 0 Å². The zero-order chi connectivity index (χ0) is 19.6. The number of carbonyl (C=O) groups excluding carboxylic acids is 1. The smallest absolute Gasteiger partial charge is 0.227 e. The summed E-state index contributed by atoms with van der Waals surface area (Å²) in [4.78, 5) is 17.7. The van der Waals surface area contributed by atoms with Crippen molar-refractivity contribution >= 4 is 5.91 Å². The highest BCUT2D eigenvalue weighted by molar-refractivity contribution is 5.83. The third-order valence-corrected chi connectivity index (χ3v) is 5.54. The lowest BCUT2D eigenvalue weighted by Crippen LogP contribution is -2.48. The summed E-state index contributed by atoms with van der Waals surface area (Å²) in [5, 5.41) is 3.17. The zero-order valence-electron chi connectivity index (χ0n) is 17.0. The highest BCUT2D eigenvalue weighted by atomic mass is 16.1. The number of nitrogens with zero attached hydrogens (tertiary/aromatic N) is 2. The van der Waals surface area contributed by atoms with Crippen LogP contribution in [-0.4, -0.2) is 55.0 Å². The summed E-state index contributed by atoms with van der Waals surface area (Å²) in [7, 11) is 0. The first kappa shape index (κ1) is 20.6. The van der Waals surface area contributed by atoms with Gasteiger partial charge in [-0.2, -0.15) is 0 Å². The van der Waals surface area contributed by atoms with Crippen LogP contribution in [0.15, 0.2) is 60.7 Å². The van der Waals surface area contributed by atoms with Crippen LogP contribution in [0.4, 0.5) is 0 Å². The van der Waals surface area contributed by atoms with Crippen LogP contribution in [0.3, 0.4) is 0 Å². The molecule has 1 fully saturated rings. The average Bonchev–Trinajstić information content (AvgIpc) is 2.74. The first-order valence-corrected chi connectivity index (χ1v) is 10.6. The van der Waals surface area contributed by atoms with E-state index in [0.29, 0.717) is 0 Å². The second kappa shape index (κ2) is 11.0. The van der Waals surface area contributed by atoms with E-state index in [4.69, 9.17) is 0 Å². The summed E-state index contributed by atoms with van der Waals surface area (Å²) >= 11 is 0. The van der Waals surface area contributed by atoms with Gasteiger partial charge in [0.15, 0.2) is 0 Å². The first-order valence-electron chi connectivity index (χ1n) is 10.6. The summed E-state index contributed by atoms with van der Waals surface area (Å²) in [6.45, 7) is 9.14. The van der Waals surface area contributed by atoms with Crippen molar-refractivity contribution in [3.05, 3.63) is 71.8 Å². The minimum absolute atomic E-state index is 0.0334. The minimum atomic E-state index is -0.0334. The van der Waals surface area contributed by atoms with Crippen LogP contribution in [0.2, 0.25) is 0 Å². The van der Waals surface area contributed by atoms with E-state index in [2.05, 4.69) is 64.5 Å². The summed E-state index contributed by atoms with van der Waals surface area (Å²) in [5.41, 5.74) is 2.50. The number of piperazine rings is 1. The largest absolute Gasteiger partial charge is 0.354 e. The molecule has 0 aromatic heterocycles. The Morgan fingerprint density at radius 1 is 0.929 bits per heavy atom. The fraction of sp³-hybridized carbons (Fsp3) is 0.458. The zero-order valence-corrected chi connectivity index (χ0v) is 17.0. The molecule has 1 atom stereocenters. The molecular weight excluding hydrogens is 346 g/mol. The predicted molar refractivity (Wildman–Crippen MR) is 115 cm³/mol. The Hall–Kier alpha value is -2.17. The van der Waals surface area contributed by atoms with Crippen LogP contribution in [-0.2, 0) is 11.3 Å². The molecule has 0 spiro atoms. The lowest BCUT2D eigenvalue weighted by Gasteiger charge is -2.34. The molecule has 1 heterocycles. The van der Waals surface area contributed by atoms with Crippen molar-refractivity contribution in [2.24, 2.45) is 0 Å². The van der Waals surface area contributed by atoms with Crippen LogP contribution < -0.4 is 5.32 Å². The second-order valence-corrected chi connectivity index (χ2v) is 7.65. The molecule has 1 unspecified atom stereocenters. The number of benzene rings is 2.